The first-order chi connectivity index (χ1) is 11.8. The number of aromatic hydroxyl groups is 1. The summed E-state index contributed by atoms with van der Waals surface area (Å²) in [5, 5.41) is 16.6. The molecular formula is C16H20N4O5. The zero-order chi connectivity index (χ0) is 18.6. The van der Waals surface area contributed by atoms with Crippen LogP contribution in [0.4, 0.5) is 11.6 Å². The summed E-state index contributed by atoms with van der Waals surface area (Å²) in [7, 11) is 4.77. The van der Waals surface area contributed by atoms with E-state index in [1.807, 2.05) is 0 Å². The Balaban J connectivity index is 2.05. The van der Waals surface area contributed by atoms with Crippen LogP contribution in [0.25, 0.3) is 0 Å². The fourth-order valence-electron chi connectivity index (χ4n) is 2.08. The summed E-state index contributed by atoms with van der Waals surface area (Å²) in [6.45, 7) is 1.71. The molecule has 1 amide bonds. The van der Waals surface area contributed by atoms with E-state index in [-0.39, 0.29) is 35.7 Å². The lowest BCUT2D eigenvalue weighted by atomic mass is 10.1. The molecular weight excluding hydrogens is 328 g/mol. The Hall–Kier alpha value is -3.10. The Morgan fingerprint density at radius 3 is 2.68 bits per heavy atom. The Kier molecular flexibility index (Phi) is 5.58. The molecule has 1 aromatic heterocycles. The number of benzene rings is 1. The minimum absolute atomic E-state index is 0.0177. The van der Waals surface area contributed by atoms with Crippen molar-refractivity contribution < 1.29 is 24.0 Å². The fraction of sp³-hybridized carbons (Fsp3) is 0.375. The van der Waals surface area contributed by atoms with Gasteiger partial charge in [0.2, 0.25) is 11.8 Å². The molecule has 0 atom stereocenters. The molecule has 0 unspecified atom stereocenters. The maximum Gasteiger partial charge on any atom is 0.341 e. The second-order valence-electron chi connectivity index (χ2n) is 5.58. The van der Waals surface area contributed by atoms with Gasteiger partial charge in [-0.15, -0.1) is 0 Å². The molecule has 0 spiro atoms. The average molecular weight is 348 g/mol. The van der Waals surface area contributed by atoms with E-state index in [4.69, 9.17) is 4.52 Å². The molecule has 25 heavy (non-hydrogen) atoms. The van der Waals surface area contributed by atoms with Gasteiger partial charge in [0.15, 0.2) is 5.75 Å². The molecule has 2 aromatic rings. The molecule has 0 aliphatic rings. The highest BCUT2D eigenvalue weighted by atomic mass is 16.5. The SMILES string of the molecule is COC(=O)c1ccc(C)c(NC(=O)CCc2nc(N(C)C)no2)c1O. The minimum atomic E-state index is -0.685. The molecule has 134 valence electrons. The van der Waals surface area contributed by atoms with Crippen LogP contribution in [0, 0.1) is 6.92 Å². The maximum absolute atomic E-state index is 12.1. The number of amides is 1. The van der Waals surface area contributed by atoms with Crippen LogP contribution in [0.3, 0.4) is 0 Å². The number of esters is 1. The minimum Gasteiger partial charge on any atom is -0.505 e. The third-order valence-electron chi connectivity index (χ3n) is 3.48. The lowest BCUT2D eigenvalue weighted by molar-refractivity contribution is -0.116. The first-order valence-electron chi connectivity index (χ1n) is 7.54. The van der Waals surface area contributed by atoms with E-state index in [2.05, 4.69) is 20.2 Å². The predicted molar refractivity (Wildman–Crippen MR) is 89.8 cm³/mol. The number of anilines is 2. The van der Waals surface area contributed by atoms with E-state index in [1.165, 1.54) is 13.2 Å². The van der Waals surface area contributed by atoms with Gasteiger partial charge in [0.05, 0.1) is 12.8 Å². The van der Waals surface area contributed by atoms with Crippen LogP contribution >= 0.6 is 0 Å². The van der Waals surface area contributed by atoms with Gasteiger partial charge in [-0.2, -0.15) is 4.98 Å². The van der Waals surface area contributed by atoms with Gasteiger partial charge >= 0.3 is 5.97 Å². The van der Waals surface area contributed by atoms with Crippen molar-refractivity contribution in [1.29, 1.82) is 0 Å². The largest absolute Gasteiger partial charge is 0.505 e. The van der Waals surface area contributed by atoms with Crippen LogP contribution in [0.15, 0.2) is 16.7 Å². The van der Waals surface area contributed by atoms with Crippen molar-refractivity contribution in [2.24, 2.45) is 0 Å². The van der Waals surface area contributed by atoms with Gasteiger partial charge < -0.3 is 24.6 Å². The van der Waals surface area contributed by atoms with Crippen LogP contribution in [0.2, 0.25) is 0 Å². The maximum atomic E-state index is 12.1. The number of phenols is 1. The van der Waals surface area contributed by atoms with E-state index in [0.717, 1.165) is 0 Å². The molecule has 9 heteroatoms. The summed E-state index contributed by atoms with van der Waals surface area (Å²) in [6, 6.07) is 3.05. The molecule has 2 rings (SSSR count). The number of methoxy groups -OCH3 is 1. The normalized spacial score (nSPS) is 10.4. The summed E-state index contributed by atoms with van der Waals surface area (Å²) in [5.41, 5.74) is 0.773. The second-order valence-corrected chi connectivity index (χ2v) is 5.58. The van der Waals surface area contributed by atoms with Crippen LogP contribution < -0.4 is 10.2 Å². The molecule has 1 heterocycles. The molecule has 0 aliphatic carbocycles. The second kappa shape index (κ2) is 7.65. The van der Waals surface area contributed by atoms with Crippen molar-refractivity contribution in [1.82, 2.24) is 10.1 Å². The number of aromatic nitrogens is 2. The summed E-state index contributed by atoms with van der Waals surface area (Å²) in [6.07, 6.45) is 0.333. The van der Waals surface area contributed by atoms with Crippen molar-refractivity contribution in [3.63, 3.8) is 0 Å². The van der Waals surface area contributed by atoms with Gasteiger partial charge in [-0.1, -0.05) is 6.07 Å². The summed E-state index contributed by atoms with van der Waals surface area (Å²) in [5.74, 6) is -0.606. The molecule has 9 nitrogen and oxygen atoms in total. The standard InChI is InChI=1S/C16H20N4O5/c1-9-5-6-10(15(23)24-4)14(22)13(9)17-11(21)7-8-12-18-16(19-25-12)20(2)3/h5-6,22H,7-8H2,1-4H3,(H,17,21). The van der Waals surface area contributed by atoms with Crippen LogP contribution in [-0.2, 0) is 16.0 Å². The number of nitrogens with one attached hydrogen (secondary N) is 1. The molecule has 0 bridgehead atoms. The number of hydrogen-bond acceptors (Lipinski definition) is 8. The summed E-state index contributed by atoms with van der Waals surface area (Å²) < 4.78 is 9.65. The Bertz CT molecular complexity index is 785. The van der Waals surface area contributed by atoms with Crippen molar-refractivity contribution in [2.75, 3.05) is 31.4 Å². The third kappa shape index (κ3) is 4.25. The molecule has 0 fully saturated rings. The number of aryl methyl sites for hydroxylation is 2. The van der Waals surface area contributed by atoms with Crippen molar-refractivity contribution in [2.45, 2.75) is 19.8 Å². The van der Waals surface area contributed by atoms with Gasteiger partial charge in [0.25, 0.3) is 5.95 Å². The Morgan fingerprint density at radius 2 is 2.08 bits per heavy atom. The number of nitrogens with zero attached hydrogens (tertiary/aromatic N) is 3. The average Bonchev–Trinajstić information content (AvgIpc) is 3.05. The monoisotopic (exact) mass is 348 g/mol. The number of phenolic OH excluding ortho intramolecular Hbond substituents is 1. The highest BCUT2D eigenvalue weighted by Gasteiger charge is 2.19. The molecule has 0 radical (unpaired) electrons. The number of hydrogen-bond donors (Lipinski definition) is 2. The molecule has 0 saturated heterocycles. The first-order valence-corrected chi connectivity index (χ1v) is 7.54. The number of carbonyl (C=O) groups is 2. The highest BCUT2D eigenvalue weighted by Crippen LogP contribution is 2.31. The lowest BCUT2D eigenvalue weighted by Gasteiger charge is -2.12. The van der Waals surface area contributed by atoms with E-state index in [9.17, 15) is 14.7 Å². The predicted octanol–water partition coefficient (Wildman–Crippen LogP) is 1.51. The van der Waals surface area contributed by atoms with E-state index in [0.29, 0.717) is 17.4 Å². The summed E-state index contributed by atoms with van der Waals surface area (Å²) in [4.78, 5) is 29.6. The van der Waals surface area contributed by atoms with Crippen LogP contribution in [-0.4, -0.2) is 48.3 Å². The van der Waals surface area contributed by atoms with E-state index in [1.54, 1.807) is 32.0 Å². The lowest BCUT2D eigenvalue weighted by Crippen LogP contribution is -2.15. The van der Waals surface area contributed by atoms with Crippen LogP contribution in [0.1, 0.15) is 28.2 Å². The van der Waals surface area contributed by atoms with E-state index >= 15 is 0 Å². The number of rotatable bonds is 6. The van der Waals surface area contributed by atoms with E-state index < -0.39 is 5.97 Å². The van der Waals surface area contributed by atoms with Gasteiger partial charge in [-0.05, 0) is 23.7 Å². The Labute approximate surface area is 144 Å². The zero-order valence-electron chi connectivity index (χ0n) is 14.5. The molecule has 1 aromatic carbocycles. The topological polar surface area (TPSA) is 118 Å². The van der Waals surface area contributed by atoms with Gasteiger partial charge in [0.1, 0.15) is 5.56 Å². The zero-order valence-corrected chi connectivity index (χ0v) is 14.5. The summed E-state index contributed by atoms with van der Waals surface area (Å²) >= 11 is 0. The fourth-order valence-corrected chi connectivity index (χ4v) is 2.08. The smallest absolute Gasteiger partial charge is 0.341 e. The van der Waals surface area contributed by atoms with Gasteiger partial charge in [-0.25, -0.2) is 4.79 Å². The van der Waals surface area contributed by atoms with Gasteiger partial charge in [0, 0.05) is 26.9 Å². The Morgan fingerprint density at radius 1 is 1.36 bits per heavy atom. The van der Waals surface area contributed by atoms with Gasteiger partial charge in [-0.3, -0.25) is 4.79 Å². The number of ether oxygens (including phenoxy) is 1. The molecule has 0 saturated carbocycles. The van der Waals surface area contributed by atoms with Crippen molar-refractivity contribution in [3.05, 3.63) is 29.2 Å². The molecule has 0 aliphatic heterocycles. The van der Waals surface area contributed by atoms with Crippen molar-refractivity contribution >= 4 is 23.5 Å². The first kappa shape index (κ1) is 18.2. The number of carbonyl (C=O) groups excluding carboxylic acids is 2. The molecule has 2 N–H and O–H groups in total. The quantitative estimate of drug-likeness (QED) is 0.596. The third-order valence-corrected chi connectivity index (χ3v) is 3.48. The highest BCUT2D eigenvalue weighted by molar-refractivity contribution is 5.99. The van der Waals surface area contributed by atoms with Crippen LogP contribution in [0.5, 0.6) is 5.75 Å². The van der Waals surface area contributed by atoms with Crippen molar-refractivity contribution in [3.8, 4) is 5.75 Å².